The SMILES string of the molecule is COC(=O)c1ncn(-c2ccc([C@@H](C)O)cc2Br)n1. The molecule has 19 heavy (non-hydrogen) atoms. The monoisotopic (exact) mass is 325 g/mol. The van der Waals surface area contributed by atoms with Gasteiger partial charge in [-0.3, -0.25) is 0 Å². The highest BCUT2D eigenvalue weighted by molar-refractivity contribution is 9.10. The van der Waals surface area contributed by atoms with E-state index in [0.29, 0.717) is 5.69 Å². The summed E-state index contributed by atoms with van der Waals surface area (Å²) >= 11 is 3.40. The van der Waals surface area contributed by atoms with Crippen molar-refractivity contribution in [1.29, 1.82) is 0 Å². The number of aliphatic hydroxyl groups is 1. The van der Waals surface area contributed by atoms with Crippen molar-refractivity contribution in [3.63, 3.8) is 0 Å². The van der Waals surface area contributed by atoms with Gasteiger partial charge in [-0.1, -0.05) is 6.07 Å². The van der Waals surface area contributed by atoms with Crippen molar-refractivity contribution in [3.8, 4) is 5.69 Å². The van der Waals surface area contributed by atoms with Gasteiger partial charge in [0, 0.05) is 4.47 Å². The molecule has 7 heteroatoms. The number of carbonyl (C=O) groups is 1. The number of rotatable bonds is 3. The molecule has 0 aliphatic heterocycles. The van der Waals surface area contributed by atoms with E-state index in [1.165, 1.54) is 18.1 Å². The molecule has 0 fully saturated rings. The number of hydrogen-bond acceptors (Lipinski definition) is 5. The fourth-order valence-corrected chi connectivity index (χ4v) is 2.11. The molecule has 1 N–H and O–H groups in total. The lowest BCUT2D eigenvalue weighted by Gasteiger charge is -2.08. The molecule has 1 heterocycles. The zero-order valence-electron chi connectivity index (χ0n) is 10.4. The van der Waals surface area contributed by atoms with E-state index in [9.17, 15) is 9.90 Å². The average molecular weight is 326 g/mol. The minimum absolute atomic E-state index is 0.00555. The highest BCUT2D eigenvalue weighted by Crippen LogP contribution is 2.24. The molecule has 0 amide bonds. The average Bonchev–Trinajstić information content (AvgIpc) is 2.87. The minimum Gasteiger partial charge on any atom is -0.463 e. The summed E-state index contributed by atoms with van der Waals surface area (Å²) in [6.07, 6.45) is 0.876. The molecule has 6 nitrogen and oxygen atoms in total. The predicted molar refractivity (Wildman–Crippen MR) is 71.0 cm³/mol. The molecule has 1 atom stereocenters. The lowest BCUT2D eigenvalue weighted by Crippen LogP contribution is -2.05. The number of esters is 1. The molecule has 0 bridgehead atoms. The standard InChI is InChI=1S/C12H12BrN3O3/c1-7(17)8-3-4-10(9(13)5-8)16-6-14-11(15-16)12(18)19-2/h3-7,17H,1-2H3/t7-/m1/s1. The Morgan fingerprint density at radius 2 is 2.26 bits per heavy atom. The zero-order chi connectivity index (χ0) is 14.0. The molecule has 0 aliphatic rings. The topological polar surface area (TPSA) is 77.2 Å². The maximum Gasteiger partial charge on any atom is 0.377 e. The smallest absolute Gasteiger partial charge is 0.377 e. The molecular weight excluding hydrogens is 314 g/mol. The van der Waals surface area contributed by atoms with Crippen molar-refractivity contribution in [2.45, 2.75) is 13.0 Å². The molecule has 1 aromatic heterocycles. The highest BCUT2D eigenvalue weighted by atomic mass is 79.9. The fourth-order valence-electron chi connectivity index (χ4n) is 1.53. The molecule has 0 spiro atoms. The molecule has 0 unspecified atom stereocenters. The number of aliphatic hydroxyl groups excluding tert-OH is 1. The van der Waals surface area contributed by atoms with Gasteiger partial charge in [0.05, 0.1) is 18.9 Å². The van der Waals surface area contributed by atoms with Gasteiger partial charge in [0.2, 0.25) is 0 Å². The van der Waals surface area contributed by atoms with Crippen molar-refractivity contribution in [2.24, 2.45) is 0 Å². The van der Waals surface area contributed by atoms with Crippen molar-refractivity contribution in [2.75, 3.05) is 7.11 Å². The molecule has 0 saturated carbocycles. The maximum atomic E-state index is 11.3. The van der Waals surface area contributed by atoms with Crippen LogP contribution in [0.4, 0.5) is 0 Å². The van der Waals surface area contributed by atoms with Crippen LogP contribution < -0.4 is 0 Å². The summed E-state index contributed by atoms with van der Waals surface area (Å²) in [4.78, 5) is 15.2. The third-order valence-electron chi connectivity index (χ3n) is 2.56. The second kappa shape index (κ2) is 5.50. The molecule has 100 valence electrons. The van der Waals surface area contributed by atoms with E-state index >= 15 is 0 Å². The summed E-state index contributed by atoms with van der Waals surface area (Å²) in [5.41, 5.74) is 1.50. The number of ether oxygens (including phenoxy) is 1. The van der Waals surface area contributed by atoms with Crippen LogP contribution in [0.25, 0.3) is 5.69 Å². The van der Waals surface area contributed by atoms with Crippen LogP contribution in [0.3, 0.4) is 0 Å². The van der Waals surface area contributed by atoms with Gasteiger partial charge in [-0.2, -0.15) is 0 Å². The Kier molecular flexibility index (Phi) is 3.96. The highest BCUT2D eigenvalue weighted by Gasteiger charge is 2.13. The van der Waals surface area contributed by atoms with Gasteiger partial charge >= 0.3 is 5.97 Å². The van der Waals surface area contributed by atoms with Gasteiger partial charge in [-0.25, -0.2) is 14.5 Å². The fraction of sp³-hybridized carbons (Fsp3) is 0.250. The van der Waals surface area contributed by atoms with Gasteiger partial charge in [0.25, 0.3) is 5.82 Å². The van der Waals surface area contributed by atoms with Crippen LogP contribution in [0.15, 0.2) is 29.0 Å². The number of methoxy groups -OCH3 is 1. The van der Waals surface area contributed by atoms with E-state index in [2.05, 4.69) is 30.7 Å². The molecular formula is C12H12BrN3O3. The van der Waals surface area contributed by atoms with E-state index in [1.807, 2.05) is 0 Å². The number of aromatic nitrogens is 3. The first-order valence-electron chi connectivity index (χ1n) is 5.50. The van der Waals surface area contributed by atoms with E-state index < -0.39 is 12.1 Å². The Morgan fingerprint density at radius 3 is 2.84 bits per heavy atom. The van der Waals surface area contributed by atoms with E-state index in [4.69, 9.17) is 0 Å². The number of nitrogens with zero attached hydrogens (tertiary/aromatic N) is 3. The van der Waals surface area contributed by atoms with Crippen molar-refractivity contribution in [3.05, 3.63) is 40.4 Å². The van der Waals surface area contributed by atoms with Gasteiger partial charge in [-0.15, -0.1) is 5.10 Å². The summed E-state index contributed by atoms with van der Waals surface area (Å²) in [5, 5.41) is 13.5. The van der Waals surface area contributed by atoms with Gasteiger partial charge < -0.3 is 9.84 Å². The van der Waals surface area contributed by atoms with Crippen LogP contribution in [0.2, 0.25) is 0 Å². The summed E-state index contributed by atoms with van der Waals surface area (Å²) in [5.74, 6) is -0.593. The largest absolute Gasteiger partial charge is 0.463 e. The normalized spacial score (nSPS) is 12.2. The lowest BCUT2D eigenvalue weighted by molar-refractivity contribution is 0.0587. The van der Waals surface area contributed by atoms with Crippen LogP contribution in [0.5, 0.6) is 0 Å². The van der Waals surface area contributed by atoms with E-state index in [1.54, 1.807) is 25.1 Å². The first-order chi connectivity index (χ1) is 9.02. The Bertz CT molecular complexity index is 610. The van der Waals surface area contributed by atoms with E-state index in [-0.39, 0.29) is 5.82 Å². The number of benzene rings is 1. The summed E-state index contributed by atoms with van der Waals surface area (Å²) in [6.45, 7) is 1.69. The zero-order valence-corrected chi connectivity index (χ0v) is 12.0. The number of halogens is 1. The Balaban J connectivity index is 2.37. The molecule has 0 saturated heterocycles. The van der Waals surface area contributed by atoms with Crippen LogP contribution >= 0.6 is 15.9 Å². The molecule has 1 aromatic carbocycles. The lowest BCUT2D eigenvalue weighted by atomic mass is 10.1. The maximum absolute atomic E-state index is 11.3. The number of carbonyl (C=O) groups excluding carboxylic acids is 1. The molecule has 2 aromatic rings. The quantitative estimate of drug-likeness (QED) is 0.872. The molecule has 0 radical (unpaired) electrons. The van der Waals surface area contributed by atoms with E-state index in [0.717, 1.165) is 10.0 Å². The first kappa shape index (κ1) is 13.7. The molecule has 2 rings (SSSR count). The van der Waals surface area contributed by atoms with Crippen LogP contribution in [0, 0.1) is 0 Å². The van der Waals surface area contributed by atoms with Crippen LogP contribution in [-0.4, -0.2) is 33.0 Å². The Morgan fingerprint density at radius 1 is 1.53 bits per heavy atom. The summed E-state index contributed by atoms with van der Waals surface area (Å²) in [6, 6.07) is 5.35. The van der Waals surface area contributed by atoms with Crippen molar-refractivity contribution >= 4 is 21.9 Å². The second-order valence-corrected chi connectivity index (χ2v) is 4.75. The van der Waals surface area contributed by atoms with Crippen LogP contribution in [-0.2, 0) is 4.74 Å². The first-order valence-corrected chi connectivity index (χ1v) is 6.30. The molecule has 0 aliphatic carbocycles. The summed E-state index contributed by atoms with van der Waals surface area (Å²) in [7, 11) is 1.27. The van der Waals surface area contributed by atoms with Gasteiger partial charge in [0.1, 0.15) is 6.33 Å². The van der Waals surface area contributed by atoms with Crippen LogP contribution in [0.1, 0.15) is 29.2 Å². The van der Waals surface area contributed by atoms with Gasteiger partial charge in [0.15, 0.2) is 0 Å². The Hall–Kier alpha value is -1.73. The summed E-state index contributed by atoms with van der Waals surface area (Å²) < 4.78 is 6.75. The number of hydrogen-bond donors (Lipinski definition) is 1. The van der Waals surface area contributed by atoms with Crippen molar-refractivity contribution in [1.82, 2.24) is 14.8 Å². The van der Waals surface area contributed by atoms with Crippen molar-refractivity contribution < 1.29 is 14.6 Å². The third-order valence-corrected chi connectivity index (χ3v) is 3.20. The third kappa shape index (κ3) is 2.82. The minimum atomic E-state index is -0.588. The second-order valence-electron chi connectivity index (χ2n) is 3.89. The Labute approximate surface area is 118 Å². The predicted octanol–water partition coefficient (Wildman–Crippen LogP) is 1.87. The van der Waals surface area contributed by atoms with Gasteiger partial charge in [-0.05, 0) is 40.5 Å².